The van der Waals surface area contributed by atoms with Crippen LogP contribution < -0.4 is 21.3 Å². The fourth-order valence-corrected chi connectivity index (χ4v) is 2.61. The normalized spacial score (nSPS) is 15.3. The van der Waals surface area contributed by atoms with Crippen molar-refractivity contribution in [2.75, 3.05) is 30.9 Å². The number of nitrogens with two attached hydrogens (primary N) is 1. The lowest BCUT2D eigenvalue weighted by Crippen LogP contribution is -2.46. The van der Waals surface area contributed by atoms with Crippen molar-refractivity contribution in [2.24, 2.45) is 5.73 Å². The van der Waals surface area contributed by atoms with Crippen LogP contribution in [-0.4, -0.2) is 55.7 Å². The number of ether oxygens (including phenoxy) is 1. The first-order chi connectivity index (χ1) is 13.4. The second kappa shape index (κ2) is 11.9. The number of urea groups is 1. The van der Waals surface area contributed by atoms with Crippen LogP contribution in [0.1, 0.15) is 25.3 Å². The fraction of sp³-hybridized carbons (Fsp3) is 0.444. The minimum Gasteiger partial charge on any atom is -0.466 e. The molecule has 0 aliphatic carbocycles. The number of nitrogen functional groups attached to an aromatic ring is 1. The molecular formula is C18H27N5O4S. The third-order valence-electron chi connectivity index (χ3n) is 3.92. The van der Waals surface area contributed by atoms with Gasteiger partial charge in [0.15, 0.2) is 0 Å². The van der Waals surface area contributed by atoms with Crippen LogP contribution in [0.2, 0.25) is 0 Å². The molecule has 10 heteroatoms. The Morgan fingerprint density at radius 2 is 1.96 bits per heavy atom. The molecule has 0 aromatic heterocycles. The van der Waals surface area contributed by atoms with Gasteiger partial charge < -0.3 is 26.0 Å². The lowest BCUT2D eigenvalue weighted by Gasteiger charge is -2.17. The molecular weight excluding hydrogens is 382 g/mol. The van der Waals surface area contributed by atoms with Crippen molar-refractivity contribution < 1.29 is 19.1 Å². The van der Waals surface area contributed by atoms with Crippen LogP contribution >= 0.6 is 12.6 Å². The number of nitrogens with one attached hydrogen (secondary N) is 3. The van der Waals surface area contributed by atoms with Crippen LogP contribution in [0.3, 0.4) is 0 Å². The van der Waals surface area contributed by atoms with Gasteiger partial charge in [0.05, 0.1) is 13.0 Å². The molecule has 1 aromatic rings. The molecule has 0 unspecified atom stereocenters. The minimum atomic E-state index is -0.620. The molecule has 154 valence electrons. The monoisotopic (exact) mass is 409 g/mol. The SMILES string of the molecule is CCOC(=O)CCNC(=O)N[C@H]1CCN(c2ccc(C(=N)N)cc2)C1=O.CS. The third-order valence-corrected chi connectivity index (χ3v) is 3.92. The molecule has 1 fully saturated rings. The van der Waals surface area contributed by atoms with Gasteiger partial charge in [-0.1, -0.05) is 0 Å². The first kappa shape index (κ1) is 23.3. The topological polar surface area (TPSA) is 138 Å². The van der Waals surface area contributed by atoms with Crippen molar-refractivity contribution in [3.05, 3.63) is 29.8 Å². The van der Waals surface area contributed by atoms with E-state index in [0.29, 0.717) is 30.8 Å². The molecule has 0 radical (unpaired) electrons. The maximum atomic E-state index is 12.5. The van der Waals surface area contributed by atoms with E-state index in [1.54, 1.807) is 42.3 Å². The molecule has 1 aromatic carbocycles. The summed E-state index contributed by atoms with van der Waals surface area (Å²) in [5, 5.41) is 12.5. The van der Waals surface area contributed by atoms with Crippen LogP contribution in [0.5, 0.6) is 0 Å². The number of rotatable bonds is 7. The number of anilines is 1. The summed E-state index contributed by atoms with van der Waals surface area (Å²) in [6.07, 6.45) is 2.26. The van der Waals surface area contributed by atoms with E-state index in [-0.39, 0.29) is 30.7 Å². The molecule has 2 rings (SSSR count). The van der Waals surface area contributed by atoms with Crippen LogP contribution in [0, 0.1) is 5.41 Å². The largest absolute Gasteiger partial charge is 0.466 e. The first-order valence-corrected chi connectivity index (χ1v) is 9.72. The summed E-state index contributed by atoms with van der Waals surface area (Å²) in [5.41, 5.74) is 6.68. The molecule has 0 bridgehead atoms. The smallest absolute Gasteiger partial charge is 0.315 e. The van der Waals surface area contributed by atoms with E-state index in [9.17, 15) is 14.4 Å². The molecule has 28 heavy (non-hydrogen) atoms. The summed E-state index contributed by atoms with van der Waals surface area (Å²) in [6, 6.07) is 5.67. The number of hydrogen-bond donors (Lipinski definition) is 5. The van der Waals surface area contributed by atoms with Gasteiger partial charge in [-0.25, -0.2) is 4.79 Å². The number of hydrogen-bond acceptors (Lipinski definition) is 6. The lowest BCUT2D eigenvalue weighted by atomic mass is 10.2. The summed E-state index contributed by atoms with van der Waals surface area (Å²) in [6.45, 7) is 2.63. The van der Waals surface area contributed by atoms with Gasteiger partial charge in [0.25, 0.3) is 0 Å². The van der Waals surface area contributed by atoms with Gasteiger partial charge in [0.1, 0.15) is 11.9 Å². The molecule has 3 amide bonds. The Kier molecular flexibility index (Phi) is 9.86. The first-order valence-electron chi connectivity index (χ1n) is 8.83. The zero-order chi connectivity index (χ0) is 21.1. The maximum Gasteiger partial charge on any atom is 0.315 e. The van der Waals surface area contributed by atoms with Crippen LogP contribution in [0.4, 0.5) is 10.5 Å². The van der Waals surface area contributed by atoms with Crippen molar-refractivity contribution in [1.29, 1.82) is 5.41 Å². The Morgan fingerprint density at radius 3 is 2.54 bits per heavy atom. The van der Waals surface area contributed by atoms with E-state index >= 15 is 0 Å². The van der Waals surface area contributed by atoms with E-state index in [0.717, 1.165) is 0 Å². The van der Waals surface area contributed by atoms with E-state index < -0.39 is 12.1 Å². The molecule has 0 spiro atoms. The Morgan fingerprint density at radius 1 is 1.32 bits per heavy atom. The van der Waals surface area contributed by atoms with Gasteiger partial charge in [-0.3, -0.25) is 15.0 Å². The van der Waals surface area contributed by atoms with Crippen molar-refractivity contribution >= 4 is 42.1 Å². The second-order valence-corrected chi connectivity index (χ2v) is 5.75. The Bertz CT molecular complexity index is 696. The van der Waals surface area contributed by atoms with E-state index in [4.69, 9.17) is 15.9 Å². The summed E-state index contributed by atoms with van der Waals surface area (Å²) in [5.74, 6) is -0.630. The third kappa shape index (κ3) is 6.76. The number of amides is 3. The van der Waals surface area contributed by atoms with Crippen LogP contribution in [0.15, 0.2) is 24.3 Å². The number of amidine groups is 1. The van der Waals surface area contributed by atoms with Gasteiger partial charge in [0, 0.05) is 24.3 Å². The van der Waals surface area contributed by atoms with E-state index in [2.05, 4.69) is 23.3 Å². The van der Waals surface area contributed by atoms with Gasteiger partial charge in [-0.05, 0) is 43.9 Å². The highest BCUT2D eigenvalue weighted by Crippen LogP contribution is 2.22. The van der Waals surface area contributed by atoms with Gasteiger partial charge in [0.2, 0.25) is 5.91 Å². The minimum absolute atomic E-state index is 0.0386. The number of thiol groups is 1. The van der Waals surface area contributed by atoms with Crippen molar-refractivity contribution in [3.63, 3.8) is 0 Å². The van der Waals surface area contributed by atoms with Crippen molar-refractivity contribution in [1.82, 2.24) is 10.6 Å². The highest BCUT2D eigenvalue weighted by molar-refractivity contribution is 7.79. The molecule has 1 atom stereocenters. The summed E-state index contributed by atoms with van der Waals surface area (Å²) >= 11 is 3.53. The molecule has 1 aliphatic heterocycles. The van der Waals surface area contributed by atoms with Crippen LogP contribution in [-0.2, 0) is 14.3 Å². The van der Waals surface area contributed by atoms with Crippen molar-refractivity contribution in [2.45, 2.75) is 25.8 Å². The zero-order valence-electron chi connectivity index (χ0n) is 16.0. The molecule has 5 N–H and O–H groups in total. The molecule has 1 saturated heterocycles. The fourth-order valence-electron chi connectivity index (χ4n) is 2.61. The molecule has 9 nitrogen and oxygen atoms in total. The highest BCUT2D eigenvalue weighted by Gasteiger charge is 2.33. The number of carbonyl (C=O) groups excluding carboxylic acids is 3. The van der Waals surface area contributed by atoms with Crippen LogP contribution in [0.25, 0.3) is 0 Å². The standard InChI is InChI=1S/C17H23N5O4.CH4S/c1-2-26-14(23)7-9-20-17(25)21-13-8-10-22(16(13)24)12-5-3-11(4-6-12)15(18)19;1-2/h3-6,13H,2,7-10H2,1H3,(H3,18,19)(H2,20,21,25);2H,1H3/t13-;/m0./s1. The highest BCUT2D eigenvalue weighted by atomic mass is 32.1. The maximum absolute atomic E-state index is 12.5. The van der Waals surface area contributed by atoms with E-state index in [1.807, 2.05) is 0 Å². The Balaban J connectivity index is 0.00000190. The number of benzene rings is 1. The number of carbonyl (C=O) groups is 3. The molecule has 1 aliphatic rings. The Hall–Kier alpha value is -2.75. The zero-order valence-corrected chi connectivity index (χ0v) is 16.9. The quantitative estimate of drug-likeness (QED) is 0.197. The Labute approximate surface area is 169 Å². The van der Waals surface area contributed by atoms with Gasteiger partial charge in [-0.2, -0.15) is 12.6 Å². The van der Waals surface area contributed by atoms with E-state index in [1.165, 1.54) is 0 Å². The predicted molar refractivity (Wildman–Crippen MR) is 111 cm³/mol. The van der Waals surface area contributed by atoms with Crippen molar-refractivity contribution in [3.8, 4) is 0 Å². The summed E-state index contributed by atoms with van der Waals surface area (Å²) < 4.78 is 4.77. The molecule has 1 heterocycles. The second-order valence-electron chi connectivity index (χ2n) is 5.75. The molecule has 0 saturated carbocycles. The predicted octanol–water partition coefficient (Wildman–Crippen LogP) is 0.874. The van der Waals surface area contributed by atoms with Gasteiger partial charge in [-0.15, -0.1) is 0 Å². The average molecular weight is 410 g/mol. The average Bonchev–Trinajstić information content (AvgIpc) is 3.04. The number of nitrogens with zero attached hydrogens (tertiary/aromatic N) is 1. The van der Waals surface area contributed by atoms with Gasteiger partial charge >= 0.3 is 12.0 Å². The number of esters is 1. The summed E-state index contributed by atoms with van der Waals surface area (Å²) in [7, 11) is 0. The summed E-state index contributed by atoms with van der Waals surface area (Å²) in [4.78, 5) is 37.1. The lowest BCUT2D eigenvalue weighted by molar-refractivity contribution is -0.142.